The lowest BCUT2D eigenvalue weighted by atomic mass is 10.0. The fraction of sp³-hybridized carbons (Fsp3) is 0.368. The molecular weight excluding hydrogens is 369 g/mol. The van der Waals surface area contributed by atoms with Crippen LogP contribution in [-0.2, 0) is 6.54 Å². The number of rotatable bonds is 3. The average molecular weight is 389 g/mol. The van der Waals surface area contributed by atoms with Crippen molar-refractivity contribution in [3.63, 3.8) is 0 Å². The third-order valence-electron chi connectivity index (χ3n) is 4.97. The van der Waals surface area contributed by atoms with E-state index in [0.29, 0.717) is 9.46 Å². The number of aryl methyl sites for hydroxylation is 1. The molecule has 0 spiro atoms. The third-order valence-corrected chi connectivity index (χ3v) is 6.89. The fourth-order valence-electron chi connectivity index (χ4n) is 3.77. The van der Waals surface area contributed by atoms with E-state index in [2.05, 4.69) is 89.0 Å². The predicted molar refractivity (Wildman–Crippen MR) is 95.6 cm³/mol. The van der Waals surface area contributed by atoms with Crippen LogP contribution in [0.4, 0.5) is 0 Å². The summed E-state index contributed by atoms with van der Waals surface area (Å²) in [4.78, 5) is 2.68. The second kappa shape index (κ2) is 5.10. The first-order valence-electron chi connectivity index (χ1n) is 7.70. The first-order chi connectivity index (χ1) is 10.2. The van der Waals surface area contributed by atoms with Gasteiger partial charge in [-0.3, -0.25) is 4.90 Å². The summed E-state index contributed by atoms with van der Waals surface area (Å²) < 4.78 is 0.474. The van der Waals surface area contributed by atoms with Crippen molar-refractivity contribution >= 4 is 22.6 Å². The molecule has 1 saturated heterocycles. The van der Waals surface area contributed by atoms with Gasteiger partial charge in [0.2, 0.25) is 0 Å². The monoisotopic (exact) mass is 389 g/mol. The maximum absolute atomic E-state index is 2.73. The molecule has 2 heteroatoms. The predicted octanol–water partition coefficient (Wildman–Crippen LogP) is 4.75. The summed E-state index contributed by atoms with van der Waals surface area (Å²) in [6, 6.07) is 20.6. The number of piperidine rings is 1. The van der Waals surface area contributed by atoms with Crippen LogP contribution in [0.25, 0.3) is 0 Å². The summed E-state index contributed by atoms with van der Waals surface area (Å²) in [6.45, 7) is 4.48. The SMILES string of the molecule is Cc1ccc([C@@H]2N(Cc3ccccc3)C[C@@H]3C[C@@]32I)cc1. The van der Waals surface area contributed by atoms with Gasteiger partial charge in [-0.05, 0) is 30.4 Å². The fourth-order valence-corrected chi connectivity index (χ4v) is 5.25. The minimum Gasteiger partial charge on any atom is -0.290 e. The van der Waals surface area contributed by atoms with Crippen molar-refractivity contribution < 1.29 is 0 Å². The van der Waals surface area contributed by atoms with Crippen molar-refractivity contribution in [3.05, 3.63) is 71.3 Å². The third kappa shape index (κ3) is 2.42. The van der Waals surface area contributed by atoms with Crippen LogP contribution in [-0.4, -0.2) is 14.9 Å². The molecule has 21 heavy (non-hydrogen) atoms. The van der Waals surface area contributed by atoms with E-state index in [-0.39, 0.29) is 0 Å². The van der Waals surface area contributed by atoms with Gasteiger partial charge in [0, 0.05) is 16.5 Å². The molecule has 1 nitrogen and oxygen atoms in total. The minimum atomic E-state index is 0.474. The van der Waals surface area contributed by atoms with Gasteiger partial charge in [0.1, 0.15) is 0 Å². The average Bonchev–Trinajstić information content (AvgIpc) is 3.05. The summed E-state index contributed by atoms with van der Waals surface area (Å²) in [5.41, 5.74) is 4.27. The Morgan fingerprint density at radius 3 is 2.52 bits per heavy atom. The number of benzene rings is 2. The molecule has 1 aliphatic heterocycles. The van der Waals surface area contributed by atoms with E-state index in [1.54, 1.807) is 0 Å². The molecule has 0 amide bonds. The van der Waals surface area contributed by atoms with Gasteiger partial charge < -0.3 is 0 Å². The number of hydrogen-bond acceptors (Lipinski definition) is 1. The molecule has 4 rings (SSSR count). The highest BCUT2D eigenvalue weighted by atomic mass is 127. The zero-order valence-electron chi connectivity index (χ0n) is 12.3. The van der Waals surface area contributed by atoms with Gasteiger partial charge in [-0.15, -0.1) is 0 Å². The Morgan fingerprint density at radius 2 is 1.81 bits per heavy atom. The number of likely N-dealkylation sites (tertiary alicyclic amines) is 1. The van der Waals surface area contributed by atoms with Crippen molar-refractivity contribution in [1.82, 2.24) is 4.90 Å². The van der Waals surface area contributed by atoms with Gasteiger partial charge in [-0.2, -0.15) is 0 Å². The molecule has 0 bridgehead atoms. The quantitative estimate of drug-likeness (QED) is 0.541. The van der Waals surface area contributed by atoms with E-state index in [0.717, 1.165) is 12.5 Å². The van der Waals surface area contributed by atoms with Crippen LogP contribution in [0.1, 0.15) is 29.2 Å². The molecule has 0 N–H and O–H groups in total. The summed E-state index contributed by atoms with van der Waals surface area (Å²) in [6.07, 6.45) is 1.39. The van der Waals surface area contributed by atoms with Crippen LogP contribution in [0.5, 0.6) is 0 Å². The number of fused-ring (bicyclic) bond motifs is 1. The molecule has 1 heterocycles. The lowest BCUT2D eigenvalue weighted by molar-refractivity contribution is 0.222. The maximum Gasteiger partial charge on any atom is 0.0500 e. The van der Waals surface area contributed by atoms with Gasteiger partial charge in [-0.25, -0.2) is 0 Å². The second-order valence-electron chi connectivity index (χ2n) is 6.56. The summed E-state index contributed by atoms with van der Waals surface area (Å²) in [7, 11) is 0. The number of halogens is 1. The van der Waals surface area contributed by atoms with Crippen molar-refractivity contribution in [2.75, 3.05) is 6.54 Å². The van der Waals surface area contributed by atoms with E-state index in [9.17, 15) is 0 Å². The molecule has 2 aliphatic rings. The summed E-state index contributed by atoms with van der Waals surface area (Å²) >= 11 is 2.73. The highest BCUT2D eigenvalue weighted by Gasteiger charge is 2.64. The molecule has 108 valence electrons. The molecule has 0 aromatic heterocycles. The Hall–Kier alpha value is -0.870. The molecule has 2 fully saturated rings. The topological polar surface area (TPSA) is 3.24 Å². The Balaban J connectivity index is 1.63. The van der Waals surface area contributed by atoms with E-state index in [1.165, 1.54) is 29.7 Å². The summed E-state index contributed by atoms with van der Waals surface area (Å²) in [5, 5.41) is 0. The van der Waals surface area contributed by atoms with E-state index in [1.807, 2.05) is 0 Å². The minimum absolute atomic E-state index is 0.474. The first kappa shape index (κ1) is 13.8. The first-order valence-corrected chi connectivity index (χ1v) is 8.78. The summed E-state index contributed by atoms with van der Waals surface area (Å²) in [5.74, 6) is 0.883. The van der Waals surface area contributed by atoms with Crippen LogP contribution in [0.2, 0.25) is 0 Å². The molecule has 2 aromatic carbocycles. The van der Waals surface area contributed by atoms with Crippen LogP contribution in [0, 0.1) is 12.8 Å². The highest BCUT2D eigenvalue weighted by Crippen LogP contribution is 2.66. The number of hydrogen-bond donors (Lipinski definition) is 0. The van der Waals surface area contributed by atoms with E-state index >= 15 is 0 Å². The lowest BCUT2D eigenvalue weighted by Crippen LogP contribution is -2.29. The normalized spacial score (nSPS) is 31.1. The number of nitrogens with zero attached hydrogens (tertiary/aromatic N) is 1. The van der Waals surface area contributed by atoms with Crippen LogP contribution in [0.15, 0.2) is 54.6 Å². The second-order valence-corrected chi connectivity index (χ2v) is 8.56. The van der Waals surface area contributed by atoms with E-state index in [4.69, 9.17) is 0 Å². The van der Waals surface area contributed by atoms with Gasteiger partial charge in [0.15, 0.2) is 0 Å². The van der Waals surface area contributed by atoms with Crippen molar-refractivity contribution in [3.8, 4) is 0 Å². The standard InChI is InChI=1S/C19H20IN/c1-14-7-9-16(10-8-14)18-19(20)11-17(19)13-21(18)12-15-5-3-2-4-6-15/h2-10,17-18H,11-13H2,1H3/t17-,18-,19+/m0/s1. The van der Waals surface area contributed by atoms with Gasteiger partial charge in [-0.1, -0.05) is 82.8 Å². The molecule has 1 aliphatic carbocycles. The Kier molecular flexibility index (Phi) is 3.34. The van der Waals surface area contributed by atoms with Crippen molar-refractivity contribution in [1.29, 1.82) is 0 Å². The smallest absolute Gasteiger partial charge is 0.0500 e. The van der Waals surface area contributed by atoms with Crippen molar-refractivity contribution in [2.24, 2.45) is 5.92 Å². The maximum atomic E-state index is 2.73. The Bertz CT molecular complexity index is 636. The van der Waals surface area contributed by atoms with Crippen molar-refractivity contribution in [2.45, 2.75) is 29.4 Å². The number of alkyl halides is 1. The van der Waals surface area contributed by atoms with Gasteiger partial charge in [0.05, 0.1) is 6.04 Å². The zero-order chi connectivity index (χ0) is 14.4. The highest BCUT2D eigenvalue weighted by molar-refractivity contribution is 14.1. The van der Waals surface area contributed by atoms with Gasteiger partial charge >= 0.3 is 0 Å². The lowest BCUT2D eigenvalue weighted by Gasteiger charge is -2.30. The largest absolute Gasteiger partial charge is 0.290 e. The molecule has 0 unspecified atom stereocenters. The molecule has 2 aromatic rings. The van der Waals surface area contributed by atoms with Gasteiger partial charge in [0.25, 0.3) is 0 Å². The van der Waals surface area contributed by atoms with Crippen LogP contribution in [0.3, 0.4) is 0 Å². The van der Waals surface area contributed by atoms with Crippen LogP contribution < -0.4 is 0 Å². The van der Waals surface area contributed by atoms with Crippen LogP contribution >= 0.6 is 22.6 Å². The molecule has 0 radical (unpaired) electrons. The zero-order valence-corrected chi connectivity index (χ0v) is 14.5. The Labute approximate surface area is 140 Å². The molecular formula is C19H20IN. The molecule has 3 atom stereocenters. The molecule has 1 saturated carbocycles. The Morgan fingerprint density at radius 1 is 1.10 bits per heavy atom. The van der Waals surface area contributed by atoms with E-state index < -0.39 is 0 Å².